The van der Waals surface area contributed by atoms with Gasteiger partial charge in [-0.25, -0.2) is 0 Å². The summed E-state index contributed by atoms with van der Waals surface area (Å²) in [5.74, 6) is 0.840. The highest BCUT2D eigenvalue weighted by Crippen LogP contribution is 1.92. The van der Waals surface area contributed by atoms with Crippen LogP contribution in [0.25, 0.3) is 0 Å². The van der Waals surface area contributed by atoms with Crippen molar-refractivity contribution in [3.8, 4) is 0 Å². The Kier molecular flexibility index (Phi) is 6.98. The van der Waals surface area contributed by atoms with Gasteiger partial charge in [0.15, 0.2) is 0 Å². The van der Waals surface area contributed by atoms with Crippen LogP contribution < -0.4 is 0 Å². The van der Waals surface area contributed by atoms with Gasteiger partial charge in [-0.3, -0.25) is 0 Å². The lowest BCUT2D eigenvalue weighted by Crippen LogP contribution is -1.84. The Morgan fingerprint density at radius 1 is 1.57 bits per heavy atom. The van der Waals surface area contributed by atoms with Gasteiger partial charge in [-0.2, -0.15) is 0 Å². The third-order valence-electron chi connectivity index (χ3n) is 0.737. The molecular weight excluding hydrogens is 124 g/mol. The standard InChI is InChI=1S/C5H11ClSi/c1-2-7-5-3-4-6/h2-5H2,1H3. The fourth-order valence-corrected chi connectivity index (χ4v) is 1.51. The molecule has 0 heterocycles. The molecule has 0 aliphatic rings. The molecule has 42 valence electrons. The van der Waals surface area contributed by atoms with E-state index >= 15 is 0 Å². The first-order valence-corrected chi connectivity index (χ1v) is 4.63. The largest absolute Gasteiger partial charge is 0.127 e. The minimum Gasteiger partial charge on any atom is -0.127 e. The second kappa shape index (κ2) is 6.51. The highest BCUT2D eigenvalue weighted by molar-refractivity contribution is 6.35. The molecule has 2 radical (unpaired) electrons. The summed E-state index contributed by atoms with van der Waals surface area (Å²) < 4.78 is 0. The van der Waals surface area contributed by atoms with Crippen LogP contribution in [0.3, 0.4) is 0 Å². The van der Waals surface area contributed by atoms with E-state index in [1.807, 2.05) is 0 Å². The molecule has 0 aromatic carbocycles. The van der Waals surface area contributed by atoms with Crippen LogP contribution >= 0.6 is 11.6 Å². The van der Waals surface area contributed by atoms with Gasteiger partial charge < -0.3 is 0 Å². The molecule has 0 N–H and O–H groups in total. The lowest BCUT2D eigenvalue weighted by atomic mass is 10.6. The number of alkyl halides is 1. The van der Waals surface area contributed by atoms with Crippen LogP contribution in [-0.4, -0.2) is 15.4 Å². The zero-order valence-electron chi connectivity index (χ0n) is 4.71. The van der Waals surface area contributed by atoms with Crippen molar-refractivity contribution in [3.63, 3.8) is 0 Å². The minimum absolute atomic E-state index is 0.840. The third kappa shape index (κ3) is 6.51. The van der Waals surface area contributed by atoms with Gasteiger partial charge in [0, 0.05) is 15.4 Å². The Morgan fingerprint density at radius 3 is 2.71 bits per heavy atom. The van der Waals surface area contributed by atoms with Crippen molar-refractivity contribution in [1.29, 1.82) is 0 Å². The predicted octanol–water partition coefficient (Wildman–Crippen LogP) is 2.18. The van der Waals surface area contributed by atoms with Crippen molar-refractivity contribution >= 4 is 21.1 Å². The SMILES string of the molecule is CC[Si]CCCCl. The lowest BCUT2D eigenvalue weighted by Gasteiger charge is -1.88. The maximum atomic E-state index is 5.44. The molecule has 0 aromatic heterocycles. The van der Waals surface area contributed by atoms with Gasteiger partial charge in [-0.15, -0.1) is 11.6 Å². The summed E-state index contributed by atoms with van der Waals surface area (Å²) in [6.45, 7) is 2.21. The van der Waals surface area contributed by atoms with Crippen LogP contribution in [0.4, 0.5) is 0 Å². The van der Waals surface area contributed by atoms with Crippen LogP contribution in [0.5, 0.6) is 0 Å². The number of rotatable bonds is 4. The zero-order chi connectivity index (χ0) is 5.54. The van der Waals surface area contributed by atoms with Gasteiger partial charge in [0.05, 0.1) is 0 Å². The maximum Gasteiger partial charge on any atom is 0.0375 e. The summed E-state index contributed by atoms with van der Waals surface area (Å²) >= 11 is 5.44. The molecule has 0 spiro atoms. The van der Waals surface area contributed by atoms with Gasteiger partial charge in [0.1, 0.15) is 0 Å². The summed E-state index contributed by atoms with van der Waals surface area (Å²) in [5.41, 5.74) is 0. The first-order valence-electron chi connectivity index (χ1n) is 2.68. The molecule has 0 bridgehead atoms. The Morgan fingerprint density at radius 2 is 2.29 bits per heavy atom. The Balaban J connectivity index is 2.45. The maximum absolute atomic E-state index is 5.44. The van der Waals surface area contributed by atoms with Crippen molar-refractivity contribution in [2.45, 2.75) is 25.4 Å². The van der Waals surface area contributed by atoms with E-state index in [2.05, 4.69) is 6.92 Å². The molecule has 0 unspecified atom stereocenters. The smallest absolute Gasteiger partial charge is 0.0375 e. The average molecular weight is 135 g/mol. The molecule has 0 nitrogen and oxygen atoms in total. The predicted molar refractivity (Wildman–Crippen MR) is 36.4 cm³/mol. The minimum atomic E-state index is 0.840. The van der Waals surface area contributed by atoms with Gasteiger partial charge in [-0.1, -0.05) is 19.0 Å². The van der Waals surface area contributed by atoms with Crippen molar-refractivity contribution in [3.05, 3.63) is 0 Å². The van der Waals surface area contributed by atoms with E-state index in [9.17, 15) is 0 Å². The van der Waals surface area contributed by atoms with Crippen LogP contribution in [0.1, 0.15) is 13.3 Å². The van der Waals surface area contributed by atoms with Crippen molar-refractivity contribution < 1.29 is 0 Å². The van der Waals surface area contributed by atoms with E-state index in [1.165, 1.54) is 18.5 Å². The molecule has 0 amide bonds. The molecular formula is C5H11ClSi. The van der Waals surface area contributed by atoms with E-state index in [1.54, 1.807) is 0 Å². The first kappa shape index (κ1) is 7.51. The topological polar surface area (TPSA) is 0 Å². The van der Waals surface area contributed by atoms with Gasteiger partial charge in [0.2, 0.25) is 0 Å². The van der Waals surface area contributed by atoms with E-state index in [0.717, 1.165) is 15.4 Å². The first-order chi connectivity index (χ1) is 3.41. The fraction of sp³-hybridized carbons (Fsp3) is 1.00. The van der Waals surface area contributed by atoms with Gasteiger partial charge in [0.25, 0.3) is 0 Å². The molecule has 0 aromatic rings. The molecule has 7 heavy (non-hydrogen) atoms. The Labute approximate surface area is 53.1 Å². The van der Waals surface area contributed by atoms with Crippen LogP contribution in [0.15, 0.2) is 0 Å². The summed E-state index contributed by atoms with van der Waals surface area (Å²) in [6, 6.07) is 2.66. The summed E-state index contributed by atoms with van der Waals surface area (Å²) in [7, 11) is 1.14. The van der Waals surface area contributed by atoms with E-state index in [-0.39, 0.29) is 0 Å². The second-order valence-corrected chi connectivity index (χ2v) is 3.48. The van der Waals surface area contributed by atoms with E-state index < -0.39 is 0 Å². The highest BCUT2D eigenvalue weighted by atomic mass is 35.5. The van der Waals surface area contributed by atoms with Gasteiger partial charge in [-0.05, 0) is 6.42 Å². The number of hydrogen-bond acceptors (Lipinski definition) is 0. The van der Waals surface area contributed by atoms with Gasteiger partial charge >= 0.3 is 0 Å². The van der Waals surface area contributed by atoms with Crippen LogP contribution in [0, 0.1) is 0 Å². The van der Waals surface area contributed by atoms with Crippen LogP contribution in [0.2, 0.25) is 12.1 Å². The molecule has 0 fully saturated rings. The monoisotopic (exact) mass is 134 g/mol. The van der Waals surface area contributed by atoms with Crippen molar-refractivity contribution in [1.82, 2.24) is 0 Å². The number of halogens is 1. The normalized spacial score (nSPS) is 9.43. The zero-order valence-corrected chi connectivity index (χ0v) is 6.46. The van der Waals surface area contributed by atoms with Crippen LogP contribution in [-0.2, 0) is 0 Å². The quantitative estimate of drug-likeness (QED) is 0.314. The molecule has 0 saturated heterocycles. The second-order valence-electron chi connectivity index (χ2n) is 1.40. The molecule has 0 rings (SSSR count). The van der Waals surface area contributed by atoms with E-state index in [0.29, 0.717) is 0 Å². The molecule has 0 aliphatic heterocycles. The highest BCUT2D eigenvalue weighted by Gasteiger charge is 1.82. The lowest BCUT2D eigenvalue weighted by molar-refractivity contribution is 1.08. The Bertz CT molecular complexity index is 27.3. The molecule has 0 atom stereocenters. The number of hydrogen-bond donors (Lipinski definition) is 0. The summed E-state index contributed by atoms with van der Waals surface area (Å²) in [4.78, 5) is 0. The fourth-order valence-electron chi connectivity index (χ4n) is 0.369. The molecule has 2 heteroatoms. The Hall–Kier alpha value is 0.507. The average Bonchev–Trinajstić information content (AvgIpc) is 1.69. The summed E-state index contributed by atoms with van der Waals surface area (Å²) in [5, 5.41) is 0. The third-order valence-corrected chi connectivity index (χ3v) is 2.21. The van der Waals surface area contributed by atoms with E-state index in [4.69, 9.17) is 11.6 Å². The summed E-state index contributed by atoms with van der Waals surface area (Å²) in [6.07, 6.45) is 1.20. The van der Waals surface area contributed by atoms with Crippen molar-refractivity contribution in [2.75, 3.05) is 5.88 Å². The van der Waals surface area contributed by atoms with Crippen molar-refractivity contribution in [2.24, 2.45) is 0 Å². The molecule has 0 saturated carbocycles. The molecule has 0 aliphatic carbocycles.